The highest BCUT2D eigenvalue weighted by molar-refractivity contribution is 5.23. The lowest BCUT2D eigenvalue weighted by Crippen LogP contribution is -2.58. The first-order valence-electron chi connectivity index (χ1n) is 5.62. The van der Waals surface area contributed by atoms with Crippen molar-refractivity contribution in [1.29, 1.82) is 0 Å². The van der Waals surface area contributed by atoms with Crippen LogP contribution in [-0.2, 0) is 4.74 Å². The van der Waals surface area contributed by atoms with Crippen LogP contribution in [0.1, 0.15) is 13.3 Å². The molecule has 0 aliphatic heterocycles. The van der Waals surface area contributed by atoms with Gasteiger partial charge in [-0.3, -0.25) is 5.73 Å². The van der Waals surface area contributed by atoms with Crippen LogP contribution in [0, 0.1) is 5.41 Å². The Hall–Kier alpha value is -0.660. The second-order valence-corrected chi connectivity index (χ2v) is 4.76. The van der Waals surface area contributed by atoms with Gasteiger partial charge in [-0.15, -0.1) is 0 Å². The van der Waals surface area contributed by atoms with Crippen molar-refractivity contribution in [3.8, 4) is 0 Å². The molecule has 0 amide bonds. The Morgan fingerprint density at radius 1 is 1.59 bits per heavy atom. The highest BCUT2D eigenvalue weighted by atomic mass is 16.5. The van der Waals surface area contributed by atoms with Crippen LogP contribution in [0.3, 0.4) is 0 Å². The summed E-state index contributed by atoms with van der Waals surface area (Å²) in [5, 5.41) is 31.0. The van der Waals surface area contributed by atoms with Crippen LogP contribution in [0.15, 0.2) is 11.8 Å². The van der Waals surface area contributed by atoms with Crippen LogP contribution >= 0.6 is 0 Å². The fourth-order valence-corrected chi connectivity index (χ4v) is 2.03. The molecule has 17 heavy (non-hydrogen) atoms. The summed E-state index contributed by atoms with van der Waals surface area (Å²) >= 11 is 0. The second-order valence-electron chi connectivity index (χ2n) is 4.76. The molecule has 0 saturated heterocycles. The molecule has 1 aliphatic rings. The third kappa shape index (κ3) is 2.78. The van der Waals surface area contributed by atoms with E-state index >= 15 is 0 Å². The lowest BCUT2D eigenvalue weighted by atomic mass is 9.72. The van der Waals surface area contributed by atoms with Gasteiger partial charge in [-0.25, -0.2) is 0 Å². The topological polar surface area (TPSA) is 108 Å². The minimum absolute atomic E-state index is 0.0372. The molecule has 1 aliphatic carbocycles. The largest absolute Gasteiger partial charge is 0.396 e. The minimum Gasteiger partial charge on any atom is -0.396 e. The number of rotatable bonds is 5. The zero-order chi connectivity index (χ0) is 13.1. The molecule has 0 saturated carbocycles. The van der Waals surface area contributed by atoms with E-state index in [0.717, 1.165) is 0 Å². The molecule has 0 aromatic heterocycles. The molecule has 0 aromatic rings. The molecule has 6 N–H and O–H groups in total. The quantitative estimate of drug-likeness (QED) is 0.379. The molecule has 6 heteroatoms. The zero-order valence-electron chi connectivity index (χ0n) is 10.3. The van der Waals surface area contributed by atoms with Gasteiger partial charge in [0.15, 0.2) is 5.72 Å². The summed E-state index contributed by atoms with van der Waals surface area (Å²) in [7, 11) is 1.48. The van der Waals surface area contributed by atoms with Gasteiger partial charge in [0.2, 0.25) is 0 Å². The van der Waals surface area contributed by atoms with Crippen LogP contribution in [0.4, 0.5) is 0 Å². The number of nitrogens with two attached hydrogens (primary N) is 1. The number of hydrogen-bond donors (Lipinski definition) is 5. The van der Waals surface area contributed by atoms with E-state index in [1.165, 1.54) is 7.11 Å². The standard InChI is InChI=1S/C11H22N2O4/c1-10(7-15)6-11(12,17-2)8(5-9(10)16)13-3-4-14/h5,9,13-16H,3-4,6-7,12H2,1-2H3. The number of hydrogen-bond acceptors (Lipinski definition) is 6. The molecule has 0 bridgehead atoms. The van der Waals surface area contributed by atoms with E-state index in [-0.39, 0.29) is 13.2 Å². The van der Waals surface area contributed by atoms with Gasteiger partial charge in [0.25, 0.3) is 0 Å². The van der Waals surface area contributed by atoms with Crippen LogP contribution in [0.25, 0.3) is 0 Å². The molecule has 0 fully saturated rings. The van der Waals surface area contributed by atoms with E-state index in [1.54, 1.807) is 13.0 Å². The van der Waals surface area contributed by atoms with Crippen LogP contribution in [-0.4, -0.2) is 54.0 Å². The van der Waals surface area contributed by atoms with Crippen molar-refractivity contribution in [2.75, 3.05) is 26.9 Å². The molecule has 1 rings (SSSR count). The molecule has 100 valence electrons. The van der Waals surface area contributed by atoms with E-state index in [1.807, 2.05) is 0 Å². The fraction of sp³-hybridized carbons (Fsp3) is 0.818. The normalized spacial score (nSPS) is 37.8. The Labute approximate surface area is 101 Å². The highest BCUT2D eigenvalue weighted by Gasteiger charge is 2.46. The molecule has 0 radical (unpaired) electrons. The molecule has 0 spiro atoms. The number of nitrogens with one attached hydrogen (secondary N) is 1. The Morgan fingerprint density at radius 2 is 2.24 bits per heavy atom. The Kier molecular flexibility index (Phi) is 4.51. The summed E-state index contributed by atoms with van der Waals surface area (Å²) in [5.74, 6) is 0. The zero-order valence-corrected chi connectivity index (χ0v) is 10.3. The maximum absolute atomic E-state index is 9.98. The first kappa shape index (κ1) is 14.4. The second kappa shape index (κ2) is 5.32. The predicted octanol–water partition coefficient (Wildman–Crippen LogP) is -1.48. The smallest absolute Gasteiger partial charge is 0.157 e. The number of aliphatic hydroxyl groups excluding tert-OH is 3. The Balaban J connectivity index is 2.98. The first-order valence-corrected chi connectivity index (χ1v) is 5.62. The van der Waals surface area contributed by atoms with Crippen molar-refractivity contribution in [3.05, 3.63) is 11.8 Å². The van der Waals surface area contributed by atoms with Crippen molar-refractivity contribution < 1.29 is 20.1 Å². The van der Waals surface area contributed by atoms with Gasteiger partial charge < -0.3 is 25.4 Å². The number of methoxy groups -OCH3 is 1. The van der Waals surface area contributed by atoms with E-state index in [4.69, 9.17) is 15.6 Å². The van der Waals surface area contributed by atoms with Gasteiger partial charge in [0.1, 0.15) is 0 Å². The molecule has 0 aromatic carbocycles. The fourth-order valence-electron chi connectivity index (χ4n) is 2.03. The van der Waals surface area contributed by atoms with Crippen molar-refractivity contribution in [2.24, 2.45) is 11.1 Å². The van der Waals surface area contributed by atoms with Crippen LogP contribution in [0.2, 0.25) is 0 Å². The predicted molar refractivity (Wildman–Crippen MR) is 62.9 cm³/mol. The van der Waals surface area contributed by atoms with E-state index in [9.17, 15) is 10.2 Å². The average Bonchev–Trinajstić information content (AvgIpc) is 2.32. The summed E-state index contributed by atoms with van der Waals surface area (Å²) in [4.78, 5) is 0. The van der Waals surface area contributed by atoms with Crippen LogP contribution < -0.4 is 11.1 Å². The maximum Gasteiger partial charge on any atom is 0.157 e. The summed E-state index contributed by atoms with van der Waals surface area (Å²) in [6.07, 6.45) is 1.03. The third-order valence-corrected chi connectivity index (χ3v) is 3.31. The first-order chi connectivity index (χ1) is 7.91. The van der Waals surface area contributed by atoms with Gasteiger partial charge in [-0.1, -0.05) is 6.92 Å². The third-order valence-electron chi connectivity index (χ3n) is 3.31. The average molecular weight is 246 g/mol. The van der Waals surface area contributed by atoms with Crippen LogP contribution in [0.5, 0.6) is 0 Å². The highest BCUT2D eigenvalue weighted by Crippen LogP contribution is 2.39. The van der Waals surface area contributed by atoms with Crippen molar-refractivity contribution >= 4 is 0 Å². The lowest BCUT2D eigenvalue weighted by Gasteiger charge is -2.45. The molecule has 6 nitrogen and oxygen atoms in total. The molecule has 0 heterocycles. The summed E-state index contributed by atoms with van der Waals surface area (Å²) in [6, 6.07) is 0. The Bertz CT molecular complexity index is 297. The van der Waals surface area contributed by atoms with Gasteiger partial charge in [0.05, 0.1) is 25.0 Å². The Morgan fingerprint density at radius 3 is 2.71 bits per heavy atom. The number of ether oxygens (including phenoxy) is 1. The van der Waals surface area contributed by atoms with Crippen molar-refractivity contribution in [1.82, 2.24) is 5.32 Å². The number of aliphatic hydroxyl groups is 3. The van der Waals surface area contributed by atoms with E-state index in [2.05, 4.69) is 5.32 Å². The monoisotopic (exact) mass is 246 g/mol. The summed E-state index contributed by atoms with van der Waals surface area (Å²) in [6.45, 7) is 1.86. The van der Waals surface area contributed by atoms with Crippen molar-refractivity contribution in [2.45, 2.75) is 25.2 Å². The summed E-state index contributed by atoms with van der Waals surface area (Å²) < 4.78 is 5.28. The van der Waals surface area contributed by atoms with Gasteiger partial charge in [0, 0.05) is 25.5 Å². The SMILES string of the molecule is COC1(N)CC(C)(CO)C(O)C=C1NCCO. The van der Waals surface area contributed by atoms with E-state index < -0.39 is 17.2 Å². The molecular formula is C11H22N2O4. The van der Waals surface area contributed by atoms with Crippen molar-refractivity contribution in [3.63, 3.8) is 0 Å². The minimum atomic E-state index is -1.08. The summed E-state index contributed by atoms with van der Waals surface area (Å²) in [5.41, 5.74) is 4.83. The lowest BCUT2D eigenvalue weighted by molar-refractivity contribution is -0.0792. The van der Waals surface area contributed by atoms with Gasteiger partial charge >= 0.3 is 0 Å². The van der Waals surface area contributed by atoms with Gasteiger partial charge in [-0.05, 0) is 6.08 Å². The molecule has 3 atom stereocenters. The van der Waals surface area contributed by atoms with Gasteiger partial charge in [-0.2, -0.15) is 0 Å². The molecular weight excluding hydrogens is 224 g/mol. The maximum atomic E-state index is 9.98. The molecule has 3 unspecified atom stereocenters. The van der Waals surface area contributed by atoms with E-state index in [0.29, 0.717) is 18.7 Å².